The molecule has 0 saturated carbocycles. The van der Waals surface area contributed by atoms with Crippen LogP contribution in [0.25, 0.3) is 10.9 Å². The van der Waals surface area contributed by atoms with E-state index in [0.717, 1.165) is 30.9 Å². The van der Waals surface area contributed by atoms with Crippen molar-refractivity contribution >= 4 is 44.3 Å². The van der Waals surface area contributed by atoms with E-state index in [0.29, 0.717) is 0 Å². The number of nitrogens with zero attached hydrogens (tertiary/aromatic N) is 1. The third kappa shape index (κ3) is 2.23. The molecule has 3 nitrogen and oxygen atoms in total. The van der Waals surface area contributed by atoms with Crippen LogP contribution in [-0.4, -0.2) is 10.2 Å². The Morgan fingerprint density at radius 3 is 2.94 bits per heavy atom. The lowest BCUT2D eigenvalue weighted by atomic mass is 10.2. The van der Waals surface area contributed by atoms with Crippen molar-refractivity contribution < 1.29 is 0 Å². The third-order valence-electron chi connectivity index (χ3n) is 2.59. The molecular weight excluding hydrogens is 310 g/mol. The molecule has 0 fully saturated rings. The standard InChI is InChI=1S/C13H10BrN3S/c14-9-2-1-3-10(5-9)18-13-6-12-8(4-11(13)15)7-16-17-12/h1-7H,15H2,(H,16,17). The van der Waals surface area contributed by atoms with Crippen LogP contribution in [0.3, 0.4) is 0 Å². The average Bonchev–Trinajstić information content (AvgIpc) is 2.76. The summed E-state index contributed by atoms with van der Waals surface area (Å²) in [6.07, 6.45) is 1.78. The number of halogens is 1. The molecule has 5 heteroatoms. The van der Waals surface area contributed by atoms with Gasteiger partial charge in [0.05, 0.1) is 11.7 Å². The van der Waals surface area contributed by atoms with Crippen LogP contribution < -0.4 is 5.73 Å². The van der Waals surface area contributed by atoms with E-state index in [1.165, 1.54) is 0 Å². The Kier molecular flexibility index (Phi) is 3.01. The molecule has 0 amide bonds. The summed E-state index contributed by atoms with van der Waals surface area (Å²) in [7, 11) is 0. The Hall–Kier alpha value is -1.46. The van der Waals surface area contributed by atoms with Crippen LogP contribution >= 0.6 is 27.7 Å². The van der Waals surface area contributed by atoms with Crippen LogP contribution in [0.15, 0.2) is 56.9 Å². The molecule has 0 bridgehead atoms. The highest BCUT2D eigenvalue weighted by molar-refractivity contribution is 9.10. The van der Waals surface area contributed by atoms with E-state index in [-0.39, 0.29) is 0 Å². The van der Waals surface area contributed by atoms with E-state index in [2.05, 4.69) is 38.3 Å². The summed E-state index contributed by atoms with van der Waals surface area (Å²) in [5.41, 5.74) is 7.83. The van der Waals surface area contributed by atoms with Gasteiger partial charge in [0.2, 0.25) is 0 Å². The summed E-state index contributed by atoms with van der Waals surface area (Å²) in [6, 6.07) is 12.1. The molecule has 0 spiro atoms. The number of aromatic nitrogens is 2. The highest BCUT2D eigenvalue weighted by atomic mass is 79.9. The molecule has 3 N–H and O–H groups in total. The van der Waals surface area contributed by atoms with Gasteiger partial charge in [-0.25, -0.2) is 0 Å². The number of hydrogen-bond donors (Lipinski definition) is 2. The molecule has 0 aliphatic carbocycles. The topological polar surface area (TPSA) is 54.7 Å². The Bertz CT molecular complexity index is 708. The zero-order valence-electron chi connectivity index (χ0n) is 9.35. The van der Waals surface area contributed by atoms with Gasteiger partial charge in [-0.15, -0.1) is 0 Å². The molecule has 0 radical (unpaired) electrons. The Labute approximate surface area is 117 Å². The largest absolute Gasteiger partial charge is 0.398 e. The first-order valence-electron chi connectivity index (χ1n) is 5.38. The van der Waals surface area contributed by atoms with E-state index in [1.807, 2.05) is 24.3 Å². The first kappa shape index (κ1) is 11.6. The number of hydrogen-bond acceptors (Lipinski definition) is 3. The van der Waals surface area contributed by atoms with Crippen LogP contribution in [0, 0.1) is 0 Å². The highest BCUT2D eigenvalue weighted by Gasteiger charge is 2.06. The fraction of sp³-hybridized carbons (Fsp3) is 0. The van der Waals surface area contributed by atoms with Crippen LogP contribution in [0.5, 0.6) is 0 Å². The van der Waals surface area contributed by atoms with Gasteiger partial charge in [0, 0.05) is 25.3 Å². The maximum atomic E-state index is 6.06. The summed E-state index contributed by atoms with van der Waals surface area (Å²) in [5.74, 6) is 0. The number of anilines is 1. The highest BCUT2D eigenvalue weighted by Crippen LogP contribution is 2.35. The molecule has 1 aromatic heterocycles. The van der Waals surface area contributed by atoms with E-state index >= 15 is 0 Å². The van der Waals surface area contributed by atoms with Crippen molar-refractivity contribution in [2.45, 2.75) is 9.79 Å². The summed E-state index contributed by atoms with van der Waals surface area (Å²) < 4.78 is 1.06. The van der Waals surface area contributed by atoms with Crippen LogP contribution in [0.4, 0.5) is 5.69 Å². The number of rotatable bonds is 2. The number of nitrogen functional groups attached to an aromatic ring is 1. The van der Waals surface area contributed by atoms with Crippen molar-refractivity contribution in [3.8, 4) is 0 Å². The monoisotopic (exact) mass is 319 g/mol. The SMILES string of the molecule is Nc1cc2cn[nH]c2cc1Sc1cccc(Br)c1. The Balaban J connectivity index is 2.01. The lowest BCUT2D eigenvalue weighted by Gasteiger charge is -2.06. The molecule has 0 unspecified atom stereocenters. The maximum Gasteiger partial charge on any atom is 0.0663 e. The smallest absolute Gasteiger partial charge is 0.0663 e. The second-order valence-electron chi connectivity index (χ2n) is 3.91. The second-order valence-corrected chi connectivity index (χ2v) is 5.94. The summed E-state index contributed by atoms with van der Waals surface area (Å²) in [6.45, 7) is 0. The minimum atomic E-state index is 0.772. The molecule has 90 valence electrons. The van der Waals surface area contributed by atoms with Gasteiger partial charge in [-0.05, 0) is 30.3 Å². The van der Waals surface area contributed by atoms with Gasteiger partial charge in [-0.3, -0.25) is 5.10 Å². The molecule has 0 aliphatic heterocycles. The van der Waals surface area contributed by atoms with Gasteiger partial charge in [-0.2, -0.15) is 5.10 Å². The Morgan fingerprint density at radius 1 is 1.22 bits per heavy atom. The normalized spacial score (nSPS) is 10.9. The Morgan fingerprint density at radius 2 is 2.11 bits per heavy atom. The maximum absolute atomic E-state index is 6.06. The minimum absolute atomic E-state index is 0.772. The molecule has 18 heavy (non-hydrogen) atoms. The summed E-state index contributed by atoms with van der Waals surface area (Å²) in [5, 5.41) is 8.00. The van der Waals surface area contributed by atoms with Crippen molar-refractivity contribution in [2.75, 3.05) is 5.73 Å². The number of aromatic amines is 1. The van der Waals surface area contributed by atoms with Crippen LogP contribution in [0.2, 0.25) is 0 Å². The predicted octanol–water partition coefficient (Wildman–Crippen LogP) is 4.06. The molecule has 3 aromatic rings. The first-order chi connectivity index (χ1) is 8.72. The minimum Gasteiger partial charge on any atom is -0.398 e. The molecule has 3 rings (SSSR count). The van der Waals surface area contributed by atoms with Gasteiger partial charge in [0.1, 0.15) is 0 Å². The fourth-order valence-corrected chi connectivity index (χ4v) is 3.23. The van der Waals surface area contributed by atoms with Gasteiger partial charge < -0.3 is 5.73 Å². The number of fused-ring (bicyclic) bond motifs is 1. The number of nitrogens with two attached hydrogens (primary N) is 1. The lowest BCUT2D eigenvalue weighted by Crippen LogP contribution is -1.88. The second kappa shape index (κ2) is 4.66. The number of nitrogens with one attached hydrogen (secondary N) is 1. The van der Waals surface area contributed by atoms with Gasteiger partial charge >= 0.3 is 0 Å². The van der Waals surface area contributed by atoms with Crippen molar-refractivity contribution in [1.82, 2.24) is 10.2 Å². The van der Waals surface area contributed by atoms with Gasteiger partial charge in [0.15, 0.2) is 0 Å². The van der Waals surface area contributed by atoms with E-state index in [9.17, 15) is 0 Å². The first-order valence-corrected chi connectivity index (χ1v) is 6.99. The molecule has 0 saturated heterocycles. The average molecular weight is 320 g/mol. The van der Waals surface area contributed by atoms with Crippen molar-refractivity contribution in [3.05, 3.63) is 47.1 Å². The van der Waals surface area contributed by atoms with Gasteiger partial charge in [0.25, 0.3) is 0 Å². The predicted molar refractivity (Wildman–Crippen MR) is 78.8 cm³/mol. The molecular formula is C13H10BrN3S. The quantitative estimate of drug-likeness (QED) is 0.700. The molecule has 0 atom stereocenters. The number of H-pyrrole nitrogens is 1. The molecule has 1 heterocycles. The van der Waals surface area contributed by atoms with Gasteiger partial charge in [-0.1, -0.05) is 33.8 Å². The zero-order chi connectivity index (χ0) is 12.5. The van der Waals surface area contributed by atoms with E-state index in [1.54, 1.807) is 18.0 Å². The summed E-state index contributed by atoms with van der Waals surface area (Å²) in [4.78, 5) is 2.18. The molecule has 0 aliphatic rings. The summed E-state index contributed by atoms with van der Waals surface area (Å²) >= 11 is 5.11. The van der Waals surface area contributed by atoms with Crippen molar-refractivity contribution in [1.29, 1.82) is 0 Å². The molecule has 2 aromatic carbocycles. The lowest BCUT2D eigenvalue weighted by molar-refractivity contribution is 1.12. The van der Waals surface area contributed by atoms with Crippen molar-refractivity contribution in [2.24, 2.45) is 0 Å². The fourth-order valence-electron chi connectivity index (χ4n) is 1.74. The third-order valence-corrected chi connectivity index (χ3v) is 4.15. The number of benzene rings is 2. The van der Waals surface area contributed by atoms with Crippen molar-refractivity contribution in [3.63, 3.8) is 0 Å². The van der Waals surface area contributed by atoms with Crippen LogP contribution in [0.1, 0.15) is 0 Å². The van der Waals surface area contributed by atoms with Crippen LogP contribution in [-0.2, 0) is 0 Å². The van der Waals surface area contributed by atoms with E-state index < -0.39 is 0 Å². The zero-order valence-corrected chi connectivity index (χ0v) is 11.8. The van der Waals surface area contributed by atoms with E-state index in [4.69, 9.17) is 5.73 Å².